The van der Waals surface area contributed by atoms with Crippen LogP contribution in [0.15, 0.2) is 24.3 Å². The Bertz CT molecular complexity index is 401. The molecule has 0 spiro atoms. The van der Waals surface area contributed by atoms with E-state index in [4.69, 9.17) is 4.74 Å². The molecule has 1 fully saturated rings. The molecule has 1 aromatic carbocycles. The molecule has 0 saturated carbocycles. The Morgan fingerprint density at radius 1 is 1.33 bits per heavy atom. The molecule has 2 rings (SSSR count). The lowest BCUT2D eigenvalue weighted by Gasteiger charge is -2.31. The van der Waals surface area contributed by atoms with Crippen LogP contribution in [-0.2, 0) is 4.79 Å². The molecule has 98 valence electrons. The molecule has 1 aliphatic rings. The summed E-state index contributed by atoms with van der Waals surface area (Å²) < 4.78 is 5.09. The van der Waals surface area contributed by atoms with E-state index in [2.05, 4.69) is 0 Å². The first-order valence-electron chi connectivity index (χ1n) is 5.91. The number of hydrogen-bond acceptors (Lipinski definition) is 4. The van der Waals surface area contributed by atoms with Crippen LogP contribution in [-0.4, -0.2) is 47.7 Å². The second-order valence-electron chi connectivity index (χ2n) is 4.16. The van der Waals surface area contributed by atoms with Crippen LogP contribution >= 0.6 is 11.8 Å². The average Bonchev–Trinajstić information content (AvgIpc) is 2.40. The van der Waals surface area contributed by atoms with Gasteiger partial charge in [-0.1, -0.05) is 12.1 Å². The number of methoxy groups -OCH3 is 1. The highest BCUT2D eigenvalue weighted by Gasteiger charge is 2.28. The first-order chi connectivity index (χ1) is 8.72. The minimum absolute atomic E-state index is 0.545. The van der Waals surface area contributed by atoms with Crippen molar-refractivity contribution in [3.63, 3.8) is 0 Å². The zero-order valence-corrected chi connectivity index (χ0v) is 11.2. The van der Waals surface area contributed by atoms with E-state index < -0.39 is 12.0 Å². The van der Waals surface area contributed by atoms with Crippen LogP contribution in [0, 0.1) is 0 Å². The first kappa shape index (κ1) is 13.2. The Kier molecular flexibility index (Phi) is 4.49. The Labute approximate surface area is 111 Å². The van der Waals surface area contributed by atoms with Gasteiger partial charge in [-0.05, 0) is 17.7 Å². The molecule has 0 aliphatic carbocycles. The number of carboxylic acid groups (broad SMARTS) is 1. The van der Waals surface area contributed by atoms with Gasteiger partial charge in [-0.2, -0.15) is 11.8 Å². The Morgan fingerprint density at radius 2 is 1.94 bits per heavy atom. The van der Waals surface area contributed by atoms with Crippen molar-refractivity contribution in [3.8, 4) is 5.75 Å². The molecule has 4 nitrogen and oxygen atoms in total. The lowest BCUT2D eigenvalue weighted by atomic mass is 10.1. The highest BCUT2D eigenvalue weighted by atomic mass is 32.2. The van der Waals surface area contributed by atoms with Gasteiger partial charge in [-0.3, -0.25) is 9.69 Å². The summed E-state index contributed by atoms with van der Waals surface area (Å²) in [6.07, 6.45) is 0. The third kappa shape index (κ3) is 2.97. The summed E-state index contributed by atoms with van der Waals surface area (Å²) in [5, 5.41) is 9.43. The number of nitrogens with zero attached hydrogens (tertiary/aromatic N) is 1. The quantitative estimate of drug-likeness (QED) is 0.902. The van der Waals surface area contributed by atoms with E-state index in [1.165, 1.54) is 0 Å². The largest absolute Gasteiger partial charge is 0.497 e. The molecule has 1 saturated heterocycles. The highest BCUT2D eigenvalue weighted by Crippen LogP contribution is 2.26. The first-order valence-corrected chi connectivity index (χ1v) is 7.06. The topological polar surface area (TPSA) is 49.8 Å². The molecule has 1 aromatic rings. The number of rotatable bonds is 4. The molecular formula is C13H17NO3S. The van der Waals surface area contributed by atoms with Crippen LogP contribution in [0.4, 0.5) is 0 Å². The summed E-state index contributed by atoms with van der Waals surface area (Å²) >= 11 is 1.87. The van der Waals surface area contributed by atoms with Crippen LogP contribution in [0.1, 0.15) is 11.6 Å². The molecule has 0 aromatic heterocycles. The van der Waals surface area contributed by atoms with Crippen LogP contribution in [0.5, 0.6) is 5.75 Å². The average molecular weight is 267 g/mol. The molecular weight excluding hydrogens is 250 g/mol. The van der Waals surface area contributed by atoms with Crippen molar-refractivity contribution in [3.05, 3.63) is 29.8 Å². The van der Waals surface area contributed by atoms with E-state index in [9.17, 15) is 9.90 Å². The van der Waals surface area contributed by atoms with Gasteiger partial charge in [-0.15, -0.1) is 0 Å². The van der Waals surface area contributed by atoms with Crippen molar-refractivity contribution < 1.29 is 14.6 Å². The number of hydrogen-bond donors (Lipinski definition) is 1. The third-order valence-electron chi connectivity index (χ3n) is 3.08. The standard InChI is InChI=1S/C13H17NO3S/c1-17-11-4-2-10(3-5-11)12(13(15)16)14-6-8-18-9-7-14/h2-5,12H,6-9H2,1H3,(H,15,16). The number of benzene rings is 1. The van der Waals surface area contributed by atoms with Crippen molar-refractivity contribution in [2.24, 2.45) is 0 Å². The van der Waals surface area contributed by atoms with Crippen LogP contribution in [0.2, 0.25) is 0 Å². The van der Waals surface area contributed by atoms with Crippen LogP contribution in [0.25, 0.3) is 0 Å². The number of carbonyl (C=O) groups is 1. The molecule has 18 heavy (non-hydrogen) atoms. The maximum Gasteiger partial charge on any atom is 0.325 e. The van der Waals surface area contributed by atoms with Gasteiger partial charge in [0.2, 0.25) is 0 Å². The molecule has 0 radical (unpaired) electrons. The molecule has 1 N–H and O–H groups in total. The second-order valence-corrected chi connectivity index (χ2v) is 5.39. The predicted molar refractivity (Wildman–Crippen MR) is 72.3 cm³/mol. The lowest BCUT2D eigenvalue weighted by molar-refractivity contribution is -0.143. The minimum Gasteiger partial charge on any atom is -0.497 e. The van der Waals surface area contributed by atoms with Crippen molar-refractivity contribution in [1.29, 1.82) is 0 Å². The second kappa shape index (κ2) is 6.11. The van der Waals surface area contributed by atoms with Gasteiger partial charge in [0.15, 0.2) is 0 Å². The Hall–Kier alpha value is -1.20. The Morgan fingerprint density at radius 3 is 2.44 bits per heavy atom. The number of carboxylic acids is 1. The molecule has 1 heterocycles. The van der Waals surface area contributed by atoms with E-state index in [0.29, 0.717) is 0 Å². The van der Waals surface area contributed by atoms with Gasteiger partial charge in [0.1, 0.15) is 11.8 Å². The summed E-state index contributed by atoms with van der Waals surface area (Å²) in [4.78, 5) is 13.5. The van der Waals surface area contributed by atoms with Gasteiger partial charge in [0.25, 0.3) is 0 Å². The molecule has 0 bridgehead atoms. The van der Waals surface area contributed by atoms with Gasteiger partial charge in [-0.25, -0.2) is 0 Å². The fourth-order valence-corrected chi connectivity index (χ4v) is 3.06. The lowest BCUT2D eigenvalue weighted by Crippen LogP contribution is -2.39. The minimum atomic E-state index is -0.785. The number of aliphatic carboxylic acids is 1. The van der Waals surface area contributed by atoms with Crippen molar-refractivity contribution in [2.75, 3.05) is 31.7 Å². The zero-order chi connectivity index (χ0) is 13.0. The summed E-state index contributed by atoms with van der Waals surface area (Å²) in [6.45, 7) is 1.65. The molecule has 1 aliphatic heterocycles. The van der Waals surface area contributed by atoms with Gasteiger partial charge in [0, 0.05) is 24.6 Å². The molecule has 0 amide bonds. The fourth-order valence-electron chi connectivity index (χ4n) is 2.13. The summed E-state index contributed by atoms with van der Waals surface area (Å²) in [7, 11) is 1.60. The van der Waals surface area contributed by atoms with Crippen molar-refractivity contribution in [1.82, 2.24) is 4.90 Å². The Balaban J connectivity index is 2.20. The van der Waals surface area contributed by atoms with E-state index in [1.54, 1.807) is 7.11 Å². The van der Waals surface area contributed by atoms with Gasteiger partial charge in [0.05, 0.1) is 7.11 Å². The molecule has 1 atom stereocenters. The zero-order valence-electron chi connectivity index (χ0n) is 10.3. The monoisotopic (exact) mass is 267 g/mol. The molecule has 5 heteroatoms. The molecule has 1 unspecified atom stereocenters. The maximum atomic E-state index is 11.5. The van der Waals surface area contributed by atoms with E-state index in [1.807, 2.05) is 40.9 Å². The van der Waals surface area contributed by atoms with Gasteiger partial charge >= 0.3 is 5.97 Å². The number of ether oxygens (including phenoxy) is 1. The van der Waals surface area contributed by atoms with Crippen LogP contribution in [0.3, 0.4) is 0 Å². The highest BCUT2D eigenvalue weighted by molar-refractivity contribution is 7.99. The van der Waals surface area contributed by atoms with Crippen LogP contribution < -0.4 is 4.74 Å². The van der Waals surface area contributed by atoms with E-state index >= 15 is 0 Å². The van der Waals surface area contributed by atoms with Crippen molar-refractivity contribution >= 4 is 17.7 Å². The SMILES string of the molecule is COc1ccc(C(C(=O)O)N2CCSCC2)cc1. The normalized spacial score (nSPS) is 18.3. The fraction of sp³-hybridized carbons (Fsp3) is 0.462. The van der Waals surface area contributed by atoms with Crippen molar-refractivity contribution in [2.45, 2.75) is 6.04 Å². The summed E-state index contributed by atoms with van der Waals surface area (Å²) in [6, 6.07) is 6.74. The summed E-state index contributed by atoms with van der Waals surface area (Å²) in [5.41, 5.74) is 0.815. The smallest absolute Gasteiger partial charge is 0.325 e. The number of thioether (sulfide) groups is 1. The maximum absolute atomic E-state index is 11.5. The summed E-state index contributed by atoms with van der Waals surface area (Å²) in [5.74, 6) is 1.96. The van der Waals surface area contributed by atoms with E-state index in [-0.39, 0.29) is 0 Å². The van der Waals surface area contributed by atoms with Gasteiger partial charge < -0.3 is 9.84 Å². The van der Waals surface area contributed by atoms with E-state index in [0.717, 1.165) is 35.9 Å². The predicted octanol–water partition coefficient (Wildman–Crippen LogP) is 1.87. The third-order valence-corrected chi connectivity index (χ3v) is 4.02.